The highest BCUT2D eigenvalue weighted by Crippen LogP contribution is 2.12. The molecule has 2 aromatic rings. The average molecular weight is 358 g/mol. The molecular weight excluding hydrogens is 337 g/mol. The number of carbonyl (C=O) groups excluding carboxylic acids is 1. The van der Waals surface area contributed by atoms with E-state index in [1.165, 1.54) is 0 Å². The van der Waals surface area contributed by atoms with Crippen molar-refractivity contribution in [3.05, 3.63) is 42.5 Å². The van der Waals surface area contributed by atoms with Gasteiger partial charge in [-0.3, -0.25) is 9.78 Å². The van der Waals surface area contributed by atoms with Gasteiger partial charge in [0.15, 0.2) is 0 Å². The maximum Gasteiger partial charge on any atom is 0.270 e. The Morgan fingerprint density at radius 1 is 1.39 bits per heavy atom. The standard InChI is InChI=1S/C15H19N5O.2ClH/c1-11-3-6-16-10-14(11)19-15(21)13-9-12(4-7-17-13)20-8-2-5-18-20;;/h2,4-5,7-9,11,14,16H,3,6,10H2,1H3,(H,19,21);2*1H. The Morgan fingerprint density at radius 2 is 2.22 bits per heavy atom. The zero-order chi connectivity index (χ0) is 14.7. The van der Waals surface area contributed by atoms with E-state index >= 15 is 0 Å². The minimum Gasteiger partial charge on any atom is -0.346 e. The normalized spacial score (nSPS) is 20.0. The average Bonchev–Trinajstić information content (AvgIpc) is 3.04. The zero-order valence-corrected chi connectivity index (χ0v) is 14.4. The predicted molar refractivity (Wildman–Crippen MR) is 93.8 cm³/mol. The molecule has 3 rings (SSSR count). The lowest BCUT2D eigenvalue weighted by Gasteiger charge is -2.30. The first-order valence-corrected chi connectivity index (χ1v) is 7.21. The molecule has 1 amide bonds. The van der Waals surface area contributed by atoms with Crippen LogP contribution in [0.1, 0.15) is 23.8 Å². The minimum atomic E-state index is -0.135. The van der Waals surface area contributed by atoms with Gasteiger partial charge in [-0.1, -0.05) is 6.92 Å². The highest BCUT2D eigenvalue weighted by Gasteiger charge is 2.23. The van der Waals surface area contributed by atoms with Gasteiger partial charge in [-0.2, -0.15) is 5.10 Å². The number of aromatic nitrogens is 3. The summed E-state index contributed by atoms with van der Waals surface area (Å²) in [5.74, 6) is 0.342. The van der Waals surface area contributed by atoms with Gasteiger partial charge in [-0.25, -0.2) is 4.68 Å². The topological polar surface area (TPSA) is 71.8 Å². The molecule has 0 radical (unpaired) electrons. The van der Waals surface area contributed by atoms with Crippen molar-refractivity contribution in [2.45, 2.75) is 19.4 Å². The summed E-state index contributed by atoms with van der Waals surface area (Å²) < 4.78 is 1.71. The zero-order valence-electron chi connectivity index (χ0n) is 12.8. The molecule has 0 aromatic carbocycles. The molecule has 126 valence electrons. The van der Waals surface area contributed by atoms with Gasteiger partial charge in [0.25, 0.3) is 5.91 Å². The number of nitrogens with one attached hydrogen (secondary N) is 2. The smallest absolute Gasteiger partial charge is 0.270 e. The molecule has 3 heterocycles. The van der Waals surface area contributed by atoms with Gasteiger partial charge >= 0.3 is 0 Å². The minimum absolute atomic E-state index is 0. The fourth-order valence-electron chi connectivity index (χ4n) is 2.53. The Labute approximate surface area is 147 Å². The Hall–Kier alpha value is -1.63. The molecule has 6 nitrogen and oxygen atoms in total. The predicted octanol–water partition coefficient (Wildman–Crippen LogP) is 1.84. The van der Waals surface area contributed by atoms with Crippen LogP contribution >= 0.6 is 24.8 Å². The van der Waals surface area contributed by atoms with E-state index in [1.807, 2.05) is 18.3 Å². The van der Waals surface area contributed by atoms with Crippen molar-refractivity contribution in [1.29, 1.82) is 0 Å². The van der Waals surface area contributed by atoms with E-state index in [0.717, 1.165) is 25.2 Å². The van der Waals surface area contributed by atoms with Gasteiger partial charge < -0.3 is 10.6 Å². The van der Waals surface area contributed by atoms with Gasteiger partial charge in [0.2, 0.25) is 0 Å². The number of halogens is 2. The molecule has 0 saturated carbocycles. The maximum absolute atomic E-state index is 12.3. The molecule has 2 unspecified atom stereocenters. The number of carbonyl (C=O) groups is 1. The fourth-order valence-corrected chi connectivity index (χ4v) is 2.53. The van der Waals surface area contributed by atoms with Gasteiger partial charge in [-0.05, 0) is 37.1 Å². The Kier molecular flexibility index (Phi) is 7.48. The number of pyridine rings is 1. The molecule has 1 saturated heterocycles. The van der Waals surface area contributed by atoms with E-state index in [0.29, 0.717) is 11.6 Å². The molecule has 8 heteroatoms. The van der Waals surface area contributed by atoms with Crippen LogP contribution in [0.4, 0.5) is 0 Å². The second-order valence-electron chi connectivity index (χ2n) is 5.40. The van der Waals surface area contributed by atoms with Crippen LogP contribution < -0.4 is 10.6 Å². The largest absolute Gasteiger partial charge is 0.346 e. The summed E-state index contributed by atoms with van der Waals surface area (Å²) >= 11 is 0. The monoisotopic (exact) mass is 357 g/mol. The third-order valence-corrected chi connectivity index (χ3v) is 3.89. The molecule has 2 N–H and O–H groups in total. The quantitative estimate of drug-likeness (QED) is 0.878. The first kappa shape index (κ1) is 19.4. The number of piperidine rings is 1. The highest BCUT2D eigenvalue weighted by atomic mass is 35.5. The van der Waals surface area contributed by atoms with E-state index < -0.39 is 0 Å². The van der Waals surface area contributed by atoms with Crippen LogP contribution in [0.3, 0.4) is 0 Å². The second kappa shape index (κ2) is 8.86. The van der Waals surface area contributed by atoms with Crippen molar-refractivity contribution in [2.75, 3.05) is 13.1 Å². The Morgan fingerprint density at radius 3 is 2.91 bits per heavy atom. The summed E-state index contributed by atoms with van der Waals surface area (Å²) in [5.41, 5.74) is 1.25. The van der Waals surface area contributed by atoms with E-state index in [1.54, 1.807) is 23.1 Å². The third kappa shape index (κ3) is 4.67. The molecule has 0 bridgehead atoms. The molecule has 1 aliphatic rings. The van der Waals surface area contributed by atoms with Crippen LogP contribution in [0.25, 0.3) is 5.69 Å². The fraction of sp³-hybridized carbons (Fsp3) is 0.400. The van der Waals surface area contributed by atoms with Crippen molar-refractivity contribution >= 4 is 30.7 Å². The van der Waals surface area contributed by atoms with E-state index in [9.17, 15) is 4.79 Å². The van der Waals surface area contributed by atoms with E-state index in [4.69, 9.17) is 0 Å². The van der Waals surface area contributed by atoms with Gasteiger partial charge in [0.05, 0.1) is 5.69 Å². The van der Waals surface area contributed by atoms with Crippen LogP contribution in [0.2, 0.25) is 0 Å². The first-order chi connectivity index (χ1) is 10.2. The lowest BCUT2D eigenvalue weighted by molar-refractivity contribution is 0.0910. The highest BCUT2D eigenvalue weighted by molar-refractivity contribution is 5.93. The number of rotatable bonds is 3. The Bertz CT molecular complexity index is 620. The number of nitrogens with zero attached hydrogens (tertiary/aromatic N) is 3. The first-order valence-electron chi connectivity index (χ1n) is 7.21. The summed E-state index contributed by atoms with van der Waals surface area (Å²) in [6.07, 6.45) is 6.25. The molecular formula is C15H21Cl2N5O. The van der Waals surface area contributed by atoms with Crippen molar-refractivity contribution < 1.29 is 4.79 Å². The molecule has 1 aliphatic heterocycles. The lowest BCUT2D eigenvalue weighted by Crippen LogP contribution is -2.50. The molecule has 0 aliphatic carbocycles. The summed E-state index contributed by atoms with van der Waals surface area (Å²) in [7, 11) is 0. The van der Waals surface area contributed by atoms with Gasteiger partial charge in [-0.15, -0.1) is 24.8 Å². The third-order valence-electron chi connectivity index (χ3n) is 3.89. The van der Waals surface area contributed by atoms with Crippen LogP contribution in [-0.2, 0) is 0 Å². The van der Waals surface area contributed by atoms with Crippen molar-refractivity contribution in [2.24, 2.45) is 5.92 Å². The van der Waals surface area contributed by atoms with Crippen molar-refractivity contribution in [1.82, 2.24) is 25.4 Å². The summed E-state index contributed by atoms with van der Waals surface area (Å²) in [5, 5.41) is 10.5. The maximum atomic E-state index is 12.3. The summed E-state index contributed by atoms with van der Waals surface area (Å²) in [6.45, 7) is 3.99. The summed E-state index contributed by atoms with van der Waals surface area (Å²) in [6, 6.07) is 5.58. The Balaban J connectivity index is 0.00000132. The van der Waals surface area contributed by atoms with Gasteiger partial charge in [0, 0.05) is 31.2 Å². The van der Waals surface area contributed by atoms with Gasteiger partial charge in [0.1, 0.15) is 5.69 Å². The van der Waals surface area contributed by atoms with E-state index in [-0.39, 0.29) is 36.8 Å². The number of hydrogen-bond donors (Lipinski definition) is 2. The SMILES string of the molecule is CC1CCNCC1NC(=O)c1cc(-n2cccn2)ccn1.Cl.Cl. The van der Waals surface area contributed by atoms with Crippen LogP contribution in [0.15, 0.2) is 36.8 Å². The van der Waals surface area contributed by atoms with E-state index in [2.05, 4.69) is 27.6 Å². The molecule has 2 aromatic heterocycles. The van der Waals surface area contributed by atoms with Crippen molar-refractivity contribution in [3.63, 3.8) is 0 Å². The van der Waals surface area contributed by atoms with Crippen LogP contribution in [0.5, 0.6) is 0 Å². The molecule has 0 spiro atoms. The van der Waals surface area contributed by atoms with Crippen LogP contribution in [-0.4, -0.2) is 39.8 Å². The lowest BCUT2D eigenvalue weighted by atomic mass is 9.95. The molecule has 2 atom stereocenters. The second-order valence-corrected chi connectivity index (χ2v) is 5.40. The number of hydrogen-bond acceptors (Lipinski definition) is 4. The number of amides is 1. The van der Waals surface area contributed by atoms with Crippen LogP contribution in [0, 0.1) is 5.92 Å². The molecule has 23 heavy (non-hydrogen) atoms. The molecule has 1 fully saturated rings. The van der Waals surface area contributed by atoms with Crippen molar-refractivity contribution in [3.8, 4) is 5.69 Å². The summed E-state index contributed by atoms with van der Waals surface area (Å²) in [4.78, 5) is 16.5.